The number of nitrogens with zero attached hydrogens (tertiary/aromatic N) is 4. The number of rotatable bonds is 7. The van der Waals surface area contributed by atoms with Gasteiger partial charge in [-0.1, -0.05) is 6.92 Å². The number of H-pyrrole nitrogens is 1. The Kier molecular flexibility index (Phi) is 4.76. The van der Waals surface area contributed by atoms with Gasteiger partial charge in [-0.15, -0.1) is 10.2 Å². The van der Waals surface area contributed by atoms with E-state index in [1.807, 2.05) is 0 Å². The number of fused-ring (bicyclic) bond motifs is 1. The highest BCUT2D eigenvalue weighted by molar-refractivity contribution is 5.85. The summed E-state index contributed by atoms with van der Waals surface area (Å²) in [7, 11) is 4.25. The average Bonchev–Trinajstić information content (AvgIpc) is 3.17. The minimum Gasteiger partial charge on any atom is -0.361 e. The van der Waals surface area contributed by atoms with E-state index in [4.69, 9.17) is 0 Å². The quantitative estimate of drug-likeness (QED) is 0.682. The molecule has 0 radical (unpaired) electrons. The van der Waals surface area contributed by atoms with E-state index < -0.39 is 0 Å². The van der Waals surface area contributed by atoms with Crippen LogP contribution in [0.3, 0.4) is 0 Å². The van der Waals surface area contributed by atoms with Crippen LogP contribution in [0, 0.1) is 0 Å². The molecule has 0 unspecified atom stereocenters. The normalized spacial score (nSPS) is 11.7. The topological polar surface area (TPSA) is 49.7 Å². The van der Waals surface area contributed by atoms with E-state index in [1.165, 1.54) is 29.3 Å². The average molecular weight is 311 g/mol. The van der Waals surface area contributed by atoms with Crippen molar-refractivity contribution < 1.29 is 0 Å². The smallest absolute Gasteiger partial charge is 0.137 e. The van der Waals surface area contributed by atoms with E-state index in [2.05, 4.69) is 70.1 Å². The van der Waals surface area contributed by atoms with Gasteiger partial charge in [-0.2, -0.15) is 0 Å². The Morgan fingerprint density at radius 3 is 2.87 bits per heavy atom. The highest BCUT2D eigenvalue weighted by Crippen LogP contribution is 2.23. The van der Waals surface area contributed by atoms with E-state index in [9.17, 15) is 0 Å². The summed E-state index contributed by atoms with van der Waals surface area (Å²) in [4.78, 5) is 5.63. The zero-order chi connectivity index (χ0) is 16.2. The van der Waals surface area contributed by atoms with Gasteiger partial charge >= 0.3 is 0 Å². The van der Waals surface area contributed by atoms with E-state index in [1.54, 1.807) is 6.33 Å². The minimum atomic E-state index is 0.878. The lowest BCUT2D eigenvalue weighted by molar-refractivity contribution is 0.394. The van der Waals surface area contributed by atoms with Gasteiger partial charge in [0.05, 0.1) is 0 Å². The summed E-state index contributed by atoms with van der Waals surface area (Å²) in [5.74, 6) is 0.993. The molecule has 0 fully saturated rings. The van der Waals surface area contributed by atoms with Gasteiger partial charge in [0, 0.05) is 29.2 Å². The van der Waals surface area contributed by atoms with Gasteiger partial charge in [0.2, 0.25) is 0 Å². The number of aryl methyl sites for hydroxylation is 2. The van der Waals surface area contributed by atoms with Gasteiger partial charge < -0.3 is 9.88 Å². The summed E-state index contributed by atoms with van der Waals surface area (Å²) >= 11 is 0. The number of hydrogen-bond donors (Lipinski definition) is 1. The molecule has 1 N–H and O–H groups in total. The van der Waals surface area contributed by atoms with Gasteiger partial charge in [-0.3, -0.25) is 4.57 Å². The van der Waals surface area contributed by atoms with Crippen molar-refractivity contribution >= 4 is 10.9 Å². The molecule has 0 atom stereocenters. The number of benzene rings is 1. The van der Waals surface area contributed by atoms with E-state index >= 15 is 0 Å². The minimum absolute atomic E-state index is 0.878. The van der Waals surface area contributed by atoms with Gasteiger partial charge in [0.15, 0.2) is 0 Å². The molecule has 0 aliphatic carbocycles. The lowest BCUT2D eigenvalue weighted by atomic mass is 10.1. The summed E-state index contributed by atoms with van der Waals surface area (Å²) in [5, 5.41) is 9.52. The Morgan fingerprint density at radius 1 is 1.22 bits per heavy atom. The van der Waals surface area contributed by atoms with Crippen molar-refractivity contribution in [2.45, 2.75) is 32.6 Å². The van der Waals surface area contributed by atoms with E-state index in [0.717, 1.165) is 30.9 Å². The summed E-state index contributed by atoms with van der Waals surface area (Å²) in [6.07, 6.45) is 8.37. The van der Waals surface area contributed by atoms with Crippen LogP contribution in [0.5, 0.6) is 0 Å². The fourth-order valence-electron chi connectivity index (χ4n) is 2.98. The molecular formula is C18H25N5. The van der Waals surface area contributed by atoms with Gasteiger partial charge in [-0.25, -0.2) is 0 Å². The lowest BCUT2D eigenvalue weighted by Gasteiger charge is -2.09. The van der Waals surface area contributed by atoms with Gasteiger partial charge in [0.1, 0.15) is 12.2 Å². The molecule has 2 heterocycles. The van der Waals surface area contributed by atoms with Crippen molar-refractivity contribution in [2.75, 3.05) is 20.6 Å². The molecule has 1 aromatic carbocycles. The molecule has 23 heavy (non-hydrogen) atoms. The van der Waals surface area contributed by atoms with Crippen LogP contribution in [0.1, 0.15) is 31.2 Å². The van der Waals surface area contributed by atoms with Crippen molar-refractivity contribution in [1.29, 1.82) is 0 Å². The maximum absolute atomic E-state index is 4.18. The molecule has 122 valence electrons. The number of aromatic nitrogens is 4. The van der Waals surface area contributed by atoms with Crippen LogP contribution in [0.4, 0.5) is 0 Å². The van der Waals surface area contributed by atoms with Crippen LogP contribution in [-0.2, 0) is 12.8 Å². The van der Waals surface area contributed by atoms with Crippen molar-refractivity contribution in [1.82, 2.24) is 24.6 Å². The fraction of sp³-hybridized carbons (Fsp3) is 0.444. The third-order valence-corrected chi connectivity index (χ3v) is 4.27. The molecule has 0 bridgehead atoms. The third-order valence-electron chi connectivity index (χ3n) is 4.27. The Hall–Kier alpha value is -2.14. The SMILES string of the molecule is CCc1nncn1-c1ccc2[nH]cc(CCCCN(C)C)c2c1. The van der Waals surface area contributed by atoms with Crippen molar-refractivity contribution in [2.24, 2.45) is 0 Å². The Bertz CT molecular complexity index is 769. The maximum Gasteiger partial charge on any atom is 0.137 e. The van der Waals surface area contributed by atoms with Crippen LogP contribution >= 0.6 is 0 Å². The molecule has 0 saturated heterocycles. The molecule has 2 aromatic heterocycles. The van der Waals surface area contributed by atoms with E-state index in [0.29, 0.717) is 0 Å². The molecular weight excluding hydrogens is 286 g/mol. The van der Waals surface area contributed by atoms with Crippen molar-refractivity contribution in [3.05, 3.63) is 42.1 Å². The molecule has 5 nitrogen and oxygen atoms in total. The number of hydrogen-bond acceptors (Lipinski definition) is 3. The molecule has 0 aliphatic rings. The highest BCUT2D eigenvalue weighted by atomic mass is 15.3. The second-order valence-electron chi connectivity index (χ2n) is 6.27. The van der Waals surface area contributed by atoms with Crippen LogP contribution in [0.15, 0.2) is 30.7 Å². The molecule has 0 aliphatic heterocycles. The Morgan fingerprint density at radius 2 is 2.09 bits per heavy atom. The standard InChI is InChI=1S/C18H25N5/c1-4-18-21-20-13-23(18)15-8-9-17-16(11-15)14(12-19-17)7-5-6-10-22(2)3/h8-9,11-13,19H,4-7,10H2,1-3H3. The second-order valence-corrected chi connectivity index (χ2v) is 6.27. The maximum atomic E-state index is 4.18. The van der Waals surface area contributed by atoms with Crippen LogP contribution in [0.25, 0.3) is 16.6 Å². The summed E-state index contributed by atoms with van der Waals surface area (Å²) in [6.45, 7) is 3.25. The summed E-state index contributed by atoms with van der Waals surface area (Å²) in [6, 6.07) is 6.51. The molecule has 0 spiro atoms. The molecule has 3 rings (SSSR count). The molecule has 3 aromatic rings. The first kappa shape index (κ1) is 15.7. The Balaban J connectivity index is 1.82. The summed E-state index contributed by atoms with van der Waals surface area (Å²) < 4.78 is 2.07. The van der Waals surface area contributed by atoms with Crippen LogP contribution in [0.2, 0.25) is 0 Å². The lowest BCUT2D eigenvalue weighted by Crippen LogP contribution is -2.12. The van der Waals surface area contributed by atoms with Crippen LogP contribution < -0.4 is 0 Å². The first-order valence-electron chi connectivity index (χ1n) is 8.33. The highest BCUT2D eigenvalue weighted by Gasteiger charge is 2.08. The number of nitrogens with one attached hydrogen (secondary N) is 1. The fourth-order valence-corrected chi connectivity index (χ4v) is 2.98. The predicted octanol–water partition coefficient (Wildman–Crippen LogP) is 3.20. The zero-order valence-corrected chi connectivity index (χ0v) is 14.2. The van der Waals surface area contributed by atoms with E-state index in [-0.39, 0.29) is 0 Å². The molecule has 5 heteroatoms. The second kappa shape index (κ2) is 6.96. The van der Waals surface area contributed by atoms with Gasteiger partial charge in [-0.05, 0) is 63.7 Å². The Labute approximate surface area is 137 Å². The largest absolute Gasteiger partial charge is 0.361 e. The number of aromatic amines is 1. The summed E-state index contributed by atoms with van der Waals surface area (Å²) in [5.41, 5.74) is 3.72. The molecule has 0 saturated carbocycles. The third kappa shape index (κ3) is 3.45. The van der Waals surface area contributed by atoms with Gasteiger partial charge in [0.25, 0.3) is 0 Å². The molecule has 0 amide bonds. The monoisotopic (exact) mass is 311 g/mol. The first-order chi connectivity index (χ1) is 11.2. The van der Waals surface area contributed by atoms with Crippen molar-refractivity contribution in [3.63, 3.8) is 0 Å². The first-order valence-corrected chi connectivity index (χ1v) is 8.33. The van der Waals surface area contributed by atoms with Crippen molar-refractivity contribution in [3.8, 4) is 5.69 Å². The number of unbranched alkanes of at least 4 members (excludes halogenated alkanes) is 1. The zero-order valence-electron chi connectivity index (χ0n) is 14.2. The van der Waals surface area contributed by atoms with Crippen LogP contribution in [-0.4, -0.2) is 45.3 Å². The predicted molar refractivity (Wildman–Crippen MR) is 94.1 cm³/mol.